The van der Waals surface area contributed by atoms with Crippen molar-refractivity contribution in [2.75, 3.05) is 20.3 Å². The lowest BCUT2D eigenvalue weighted by Crippen LogP contribution is -2.02. The molecule has 0 aliphatic heterocycles. The van der Waals surface area contributed by atoms with Gasteiger partial charge in [0, 0.05) is 26.2 Å². The molecule has 0 aromatic heterocycles. The maximum atomic E-state index is 13.5. The number of methoxy groups -OCH3 is 1. The smallest absolute Gasteiger partial charge is 0.328 e. The molecule has 0 spiro atoms. The van der Waals surface area contributed by atoms with Crippen LogP contribution in [0.3, 0.4) is 0 Å². The lowest BCUT2D eigenvalue weighted by Gasteiger charge is -2.07. The highest BCUT2D eigenvalue weighted by Gasteiger charge is 2.03. The first-order valence-corrected chi connectivity index (χ1v) is 5.46. The van der Waals surface area contributed by atoms with Crippen LogP contribution in [-0.4, -0.2) is 31.4 Å². The van der Waals surface area contributed by atoms with Crippen LogP contribution >= 0.6 is 0 Å². The Hall–Kier alpha value is -1.88. The van der Waals surface area contributed by atoms with Crippen LogP contribution < -0.4 is 4.74 Å². The molecular weight excluding hydrogens is 239 g/mol. The summed E-state index contributed by atoms with van der Waals surface area (Å²) in [4.78, 5) is 10.3. The predicted molar refractivity (Wildman–Crippen MR) is 65.1 cm³/mol. The first kappa shape index (κ1) is 14.2. The van der Waals surface area contributed by atoms with Gasteiger partial charge < -0.3 is 14.6 Å². The van der Waals surface area contributed by atoms with Crippen molar-refractivity contribution in [1.82, 2.24) is 0 Å². The van der Waals surface area contributed by atoms with Crippen molar-refractivity contribution in [3.8, 4) is 5.75 Å². The zero-order valence-electron chi connectivity index (χ0n) is 10.1. The van der Waals surface area contributed by atoms with Gasteiger partial charge in [0.25, 0.3) is 0 Å². The second-order valence-electron chi connectivity index (χ2n) is 3.56. The van der Waals surface area contributed by atoms with Gasteiger partial charge in [0.15, 0.2) is 11.6 Å². The van der Waals surface area contributed by atoms with Gasteiger partial charge in [0.1, 0.15) is 0 Å². The van der Waals surface area contributed by atoms with Gasteiger partial charge in [-0.15, -0.1) is 0 Å². The van der Waals surface area contributed by atoms with Crippen LogP contribution in [0.25, 0.3) is 6.08 Å². The van der Waals surface area contributed by atoms with Crippen molar-refractivity contribution in [3.63, 3.8) is 0 Å². The number of benzene rings is 1. The summed E-state index contributed by atoms with van der Waals surface area (Å²) in [6.07, 6.45) is 2.95. The fourth-order valence-electron chi connectivity index (χ4n) is 1.29. The molecule has 0 amide bonds. The molecule has 0 saturated heterocycles. The number of aliphatic carboxylic acids is 1. The maximum absolute atomic E-state index is 13.5. The fraction of sp³-hybridized carbons (Fsp3) is 0.308. The van der Waals surface area contributed by atoms with Gasteiger partial charge in [-0.2, -0.15) is 0 Å². The molecule has 0 saturated carbocycles. The van der Waals surface area contributed by atoms with E-state index in [0.29, 0.717) is 25.2 Å². The van der Waals surface area contributed by atoms with E-state index in [1.807, 2.05) is 0 Å². The van der Waals surface area contributed by atoms with E-state index in [0.717, 1.165) is 6.08 Å². The van der Waals surface area contributed by atoms with Crippen LogP contribution in [0.4, 0.5) is 4.39 Å². The third-order valence-electron chi connectivity index (χ3n) is 2.12. The van der Waals surface area contributed by atoms with Crippen molar-refractivity contribution in [1.29, 1.82) is 0 Å². The Morgan fingerprint density at radius 3 is 2.83 bits per heavy atom. The Morgan fingerprint density at radius 1 is 1.44 bits per heavy atom. The maximum Gasteiger partial charge on any atom is 0.328 e. The monoisotopic (exact) mass is 254 g/mol. The number of halogens is 1. The lowest BCUT2D eigenvalue weighted by atomic mass is 10.2. The average Bonchev–Trinajstić information content (AvgIpc) is 2.34. The standard InChI is InChI=1S/C13H15FO4/c1-17-7-2-8-18-12-5-3-10(9-11(12)14)4-6-13(15)16/h3-6,9H,2,7-8H2,1H3,(H,15,16)/b6-4+. The van der Waals surface area contributed by atoms with Gasteiger partial charge in [-0.1, -0.05) is 6.07 Å². The molecule has 0 atom stereocenters. The molecule has 0 fully saturated rings. The Labute approximate surface area is 105 Å². The number of hydrogen-bond donors (Lipinski definition) is 1. The Bertz CT molecular complexity index is 429. The van der Waals surface area contributed by atoms with E-state index in [1.165, 1.54) is 18.2 Å². The number of carboxylic acids is 1. The minimum absolute atomic E-state index is 0.151. The summed E-state index contributed by atoms with van der Waals surface area (Å²) in [5, 5.41) is 8.45. The van der Waals surface area contributed by atoms with Crippen LogP contribution in [0.15, 0.2) is 24.3 Å². The summed E-state index contributed by atoms with van der Waals surface area (Å²) in [5.41, 5.74) is 0.471. The van der Waals surface area contributed by atoms with E-state index in [9.17, 15) is 9.18 Å². The van der Waals surface area contributed by atoms with Crippen molar-refractivity contribution in [2.24, 2.45) is 0 Å². The molecule has 1 aromatic rings. The molecule has 0 aliphatic rings. The van der Waals surface area contributed by atoms with Gasteiger partial charge in [-0.3, -0.25) is 0 Å². The van der Waals surface area contributed by atoms with Crippen molar-refractivity contribution in [3.05, 3.63) is 35.7 Å². The molecule has 1 rings (SSSR count). The van der Waals surface area contributed by atoms with E-state index >= 15 is 0 Å². The zero-order chi connectivity index (χ0) is 13.4. The topological polar surface area (TPSA) is 55.8 Å². The summed E-state index contributed by atoms with van der Waals surface area (Å²) in [5.74, 6) is -1.44. The number of hydrogen-bond acceptors (Lipinski definition) is 3. The van der Waals surface area contributed by atoms with Crippen molar-refractivity contribution >= 4 is 12.0 Å². The summed E-state index contributed by atoms with van der Waals surface area (Å²) >= 11 is 0. The minimum atomic E-state index is -1.07. The highest BCUT2D eigenvalue weighted by atomic mass is 19.1. The van der Waals surface area contributed by atoms with E-state index < -0.39 is 11.8 Å². The SMILES string of the molecule is COCCCOc1ccc(/C=C/C(=O)O)cc1F. The molecule has 0 aliphatic carbocycles. The summed E-state index contributed by atoms with van der Waals surface area (Å²) in [6.45, 7) is 0.927. The van der Waals surface area contributed by atoms with E-state index in [1.54, 1.807) is 13.2 Å². The third-order valence-corrected chi connectivity index (χ3v) is 2.12. The molecule has 0 heterocycles. The van der Waals surface area contributed by atoms with Gasteiger partial charge in [0.05, 0.1) is 6.61 Å². The fourth-order valence-corrected chi connectivity index (χ4v) is 1.29. The van der Waals surface area contributed by atoms with Crippen LogP contribution in [0, 0.1) is 5.82 Å². The predicted octanol–water partition coefficient (Wildman–Crippen LogP) is 2.34. The molecule has 0 unspecified atom stereocenters. The second-order valence-corrected chi connectivity index (χ2v) is 3.56. The van der Waals surface area contributed by atoms with Crippen molar-refractivity contribution in [2.45, 2.75) is 6.42 Å². The van der Waals surface area contributed by atoms with Gasteiger partial charge >= 0.3 is 5.97 Å². The quantitative estimate of drug-likeness (QED) is 0.599. The van der Waals surface area contributed by atoms with E-state index in [4.69, 9.17) is 14.6 Å². The van der Waals surface area contributed by atoms with E-state index in [2.05, 4.69) is 0 Å². The summed E-state index contributed by atoms with van der Waals surface area (Å²) in [7, 11) is 1.59. The molecule has 18 heavy (non-hydrogen) atoms. The Balaban J connectivity index is 2.59. The number of ether oxygens (including phenoxy) is 2. The number of carbonyl (C=O) groups is 1. The molecule has 0 radical (unpaired) electrons. The summed E-state index contributed by atoms with van der Waals surface area (Å²) < 4.78 is 23.6. The second kappa shape index (κ2) is 7.45. The van der Waals surface area contributed by atoms with Gasteiger partial charge in [0.2, 0.25) is 0 Å². The first-order valence-electron chi connectivity index (χ1n) is 5.46. The Morgan fingerprint density at radius 2 is 2.22 bits per heavy atom. The van der Waals surface area contributed by atoms with Crippen molar-refractivity contribution < 1.29 is 23.8 Å². The third kappa shape index (κ3) is 4.97. The normalized spacial score (nSPS) is 10.8. The average molecular weight is 254 g/mol. The molecule has 4 nitrogen and oxygen atoms in total. The number of rotatable bonds is 7. The molecule has 0 bridgehead atoms. The minimum Gasteiger partial charge on any atom is -0.490 e. The molecule has 1 N–H and O–H groups in total. The molecule has 98 valence electrons. The molecular formula is C13H15FO4. The number of carboxylic acid groups (broad SMARTS) is 1. The highest BCUT2D eigenvalue weighted by Crippen LogP contribution is 2.19. The van der Waals surface area contributed by atoms with Crippen LogP contribution in [-0.2, 0) is 9.53 Å². The highest BCUT2D eigenvalue weighted by molar-refractivity contribution is 5.85. The largest absolute Gasteiger partial charge is 0.490 e. The molecule has 5 heteroatoms. The van der Waals surface area contributed by atoms with Crippen LogP contribution in [0.2, 0.25) is 0 Å². The lowest BCUT2D eigenvalue weighted by molar-refractivity contribution is -0.131. The van der Waals surface area contributed by atoms with Crippen LogP contribution in [0.5, 0.6) is 5.75 Å². The summed E-state index contributed by atoms with van der Waals surface area (Å²) in [6, 6.07) is 4.29. The Kier molecular flexibility index (Phi) is 5.87. The van der Waals surface area contributed by atoms with Crippen LogP contribution in [0.1, 0.15) is 12.0 Å². The first-order chi connectivity index (χ1) is 8.63. The van der Waals surface area contributed by atoms with Gasteiger partial charge in [-0.25, -0.2) is 9.18 Å². The van der Waals surface area contributed by atoms with E-state index in [-0.39, 0.29) is 5.75 Å². The molecule has 1 aromatic carbocycles. The zero-order valence-corrected chi connectivity index (χ0v) is 10.1. The van der Waals surface area contributed by atoms with Gasteiger partial charge in [-0.05, 0) is 23.8 Å².